The van der Waals surface area contributed by atoms with Gasteiger partial charge in [-0.15, -0.1) is 0 Å². The molecule has 5 N–H and O–H groups in total. The molecule has 4 rings (SSSR count). The van der Waals surface area contributed by atoms with E-state index in [0.717, 1.165) is 30.4 Å². The maximum absolute atomic E-state index is 13.3. The van der Waals surface area contributed by atoms with Crippen LogP contribution in [-0.2, 0) is 21.6 Å². The quantitative estimate of drug-likeness (QED) is 0.352. The number of carboxylic acid groups (broad SMARTS) is 1. The van der Waals surface area contributed by atoms with Gasteiger partial charge in [-0.05, 0) is 61.3 Å². The summed E-state index contributed by atoms with van der Waals surface area (Å²) in [5.74, 6) is -0.0433. The van der Waals surface area contributed by atoms with Crippen molar-refractivity contribution < 1.29 is 24.5 Å². The van der Waals surface area contributed by atoms with Crippen molar-refractivity contribution in [2.75, 3.05) is 26.2 Å². The van der Waals surface area contributed by atoms with E-state index in [2.05, 4.69) is 18.3 Å². The van der Waals surface area contributed by atoms with Crippen molar-refractivity contribution in [3.8, 4) is 11.1 Å². The topological polar surface area (TPSA) is 125 Å². The van der Waals surface area contributed by atoms with Crippen LogP contribution in [0.5, 0.6) is 0 Å². The zero-order valence-corrected chi connectivity index (χ0v) is 22.6. The second kappa shape index (κ2) is 12.5. The number of amides is 2. The molecular weight excluding hydrogens is 506 g/mol. The third kappa shape index (κ3) is 6.31. The van der Waals surface area contributed by atoms with E-state index in [1.807, 2.05) is 24.3 Å². The summed E-state index contributed by atoms with van der Waals surface area (Å²) in [4.78, 5) is 26.2. The summed E-state index contributed by atoms with van der Waals surface area (Å²) < 4.78 is 6.17. The summed E-state index contributed by atoms with van der Waals surface area (Å²) in [5, 5.41) is 24.4. The van der Waals surface area contributed by atoms with Gasteiger partial charge in [-0.3, -0.25) is 4.79 Å². The molecule has 2 aromatic rings. The molecule has 2 aliphatic rings. The number of carbonyl (C=O) groups excluding carboxylic acids is 1. The maximum atomic E-state index is 13.3. The summed E-state index contributed by atoms with van der Waals surface area (Å²) in [6.45, 7) is 3.24. The van der Waals surface area contributed by atoms with Crippen LogP contribution in [0.3, 0.4) is 0 Å². The zero-order chi connectivity index (χ0) is 27.3. The van der Waals surface area contributed by atoms with Crippen molar-refractivity contribution in [2.45, 2.75) is 63.2 Å². The number of halogens is 1. The van der Waals surface area contributed by atoms with Crippen LogP contribution >= 0.6 is 11.6 Å². The van der Waals surface area contributed by atoms with E-state index in [4.69, 9.17) is 27.2 Å². The fourth-order valence-corrected chi connectivity index (χ4v) is 6.07. The molecule has 1 aliphatic heterocycles. The molecule has 4 atom stereocenters. The number of hydrogen-bond donors (Lipinski definition) is 4. The number of ether oxygens (including phenoxy) is 1. The van der Waals surface area contributed by atoms with E-state index in [9.17, 15) is 14.7 Å². The van der Waals surface area contributed by atoms with Crippen LogP contribution in [-0.4, -0.2) is 65.5 Å². The van der Waals surface area contributed by atoms with Gasteiger partial charge in [0, 0.05) is 35.6 Å². The molecule has 2 fully saturated rings. The Bertz CT molecular complexity index is 1140. The largest absolute Gasteiger partial charge is 0.465 e. The Labute approximate surface area is 229 Å². The summed E-state index contributed by atoms with van der Waals surface area (Å²) in [6, 6.07) is 13.6. The van der Waals surface area contributed by atoms with Gasteiger partial charge >= 0.3 is 6.09 Å². The van der Waals surface area contributed by atoms with Gasteiger partial charge in [0.05, 0.1) is 13.2 Å². The summed E-state index contributed by atoms with van der Waals surface area (Å²) in [6.07, 6.45) is 1.90. The Morgan fingerprint density at radius 3 is 2.74 bits per heavy atom. The van der Waals surface area contributed by atoms with Crippen LogP contribution < -0.4 is 11.1 Å². The third-order valence-corrected chi connectivity index (χ3v) is 8.16. The first-order chi connectivity index (χ1) is 18.2. The molecule has 1 heterocycles. The number of aliphatic hydroxyl groups is 1. The number of nitrogens with two attached hydrogens (primary N) is 1. The van der Waals surface area contributed by atoms with E-state index >= 15 is 0 Å². The first-order valence-corrected chi connectivity index (χ1v) is 13.8. The monoisotopic (exact) mass is 543 g/mol. The molecule has 9 heteroatoms. The minimum Gasteiger partial charge on any atom is -0.465 e. The zero-order valence-electron chi connectivity index (χ0n) is 21.9. The molecule has 1 saturated heterocycles. The lowest BCUT2D eigenvalue weighted by molar-refractivity contribution is -0.167. The molecule has 206 valence electrons. The number of benzene rings is 2. The highest BCUT2D eigenvalue weighted by atomic mass is 35.5. The SMILES string of the molecule is CCc1cccc(-c2c(Cl)cccc2C(O)(CCCNC(=O)O)C2CN(C(=O)[C@@H]3CC[C@H](N)C3)CCO2)c1. The lowest BCUT2D eigenvalue weighted by Gasteiger charge is -2.44. The Hall–Kier alpha value is -2.65. The molecular formula is C29H38ClN3O5. The Morgan fingerprint density at radius 2 is 2.03 bits per heavy atom. The highest BCUT2D eigenvalue weighted by molar-refractivity contribution is 6.33. The van der Waals surface area contributed by atoms with Gasteiger partial charge < -0.3 is 30.9 Å². The summed E-state index contributed by atoms with van der Waals surface area (Å²) in [5.41, 5.74) is 7.89. The highest BCUT2D eigenvalue weighted by Gasteiger charge is 2.45. The molecule has 1 aliphatic carbocycles. The lowest BCUT2D eigenvalue weighted by atomic mass is 9.79. The molecule has 2 unspecified atom stereocenters. The van der Waals surface area contributed by atoms with Crippen molar-refractivity contribution in [2.24, 2.45) is 11.7 Å². The molecule has 0 spiro atoms. The third-order valence-electron chi connectivity index (χ3n) is 7.85. The summed E-state index contributed by atoms with van der Waals surface area (Å²) in [7, 11) is 0. The molecule has 8 nitrogen and oxygen atoms in total. The first-order valence-electron chi connectivity index (χ1n) is 13.5. The van der Waals surface area contributed by atoms with Crippen molar-refractivity contribution in [3.05, 3.63) is 58.6 Å². The standard InChI is InChI=1S/C29H38ClN3O5/c1-2-19-6-3-7-20(16-19)26-23(8-4-9-24(26)30)29(37,12-5-13-32-28(35)36)25-18-33(14-15-38-25)27(34)21-10-11-22(31)17-21/h3-4,6-9,16,21-22,25,32,37H,2,5,10-15,17-18,31H2,1H3,(H,35,36)/t21-,22+,25?,29?/m1/s1. The van der Waals surface area contributed by atoms with Crippen LogP contribution in [0.15, 0.2) is 42.5 Å². The number of rotatable bonds is 9. The van der Waals surface area contributed by atoms with Crippen LogP contribution in [0.2, 0.25) is 5.02 Å². The van der Waals surface area contributed by atoms with Gasteiger partial charge in [0.25, 0.3) is 0 Å². The van der Waals surface area contributed by atoms with Gasteiger partial charge in [-0.1, -0.05) is 54.9 Å². The van der Waals surface area contributed by atoms with Gasteiger partial charge in [0.1, 0.15) is 11.7 Å². The molecule has 2 amide bonds. The first kappa shape index (κ1) is 28.4. The molecule has 2 aromatic carbocycles. The minimum absolute atomic E-state index is 0.0485. The predicted octanol–water partition coefficient (Wildman–Crippen LogP) is 4.16. The van der Waals surface area contributed by atoms with Crippen molar-refractivity contribution >= 4 is 23.6 Å². The fraction of sp³-hybridized carbons (Fsp3) is 0.517. The highest BCUT2D eigenvalue weighted by Crippen LogP contribution is 2.43. The Kier molecular flexibility index (Phi) is 9.31. The minimum atomic E-state index is -1.52. The molecule has 0 radical (unpaired) electrons. The average Bonchev–Trinajstić information content (AvgIpc) is 3.36. The van der Waals surface area contributed by atoms with E-state index in [1.165, 1.54) is 0 Å². The van der Waals surface area contributed by atoms with E-state index in [1.54, 1.807) is 17.0 Å². The average molecular weight is 544 g/mol. The van der Waals surface area contributed by atoms with Crippen LogP contribution in [0.25, 0.3) is 11.1 Å². The van der Waals surface area contributed by atoms with Gasteiger partial charge in [0.2, 0.25) is 5.91 Å². The second-order valence-corrected chi connectivity index (χ2v) is 10.8. The fourth-order valence-electron chi connectivity index (χ4n) is 5.78. The molecule has 0 bridgehead atoms. The van der Waals surface area contributed by atoms with Crippen molar-refractivity contribution in [3.63, 3.8) is 0 Å². The molecule has 0 aromatic heterocycles. The van der Waals surface area contributed by atoms with Crippen molar-refractivity contribution in [1.82, 2.24) is 10.2 Å². The van der Waals surface area contributed by atoms with Crippen LogP contribution in [0.4, 0.5) is 4.79 Å². The van der Waals surface area contributed by atoms with E-state index in [0.29, 0.717) is 42.1 Å². The summed E-state index contributed by atoms with van der Waals surface area (Å²) >= 11 is 6.77. The Balaban J connectivity index is 1.70. The normalized spacial score (nSPS) is 23.2. The number of carbonyl (C=O) groups is 2. The van der Waals surface area contributed by atoms with E-state index in [-0.39, 0.29) is 37.4 Å². The number of morpholine rings is 1. The van der Waals surface area contributed by atoms with Crippen molar-refractivity contribution in [1.29, 1.82) is 0 Å². The van der Waals surface area contributed by atoms with Gasteiger partial charge in [0.15, 0.2) is 0 Å². The molecule has 1 saturated carbocycles. The lowest BCUT2D eigenvalue weighted by Crippen LogP contribution is -2.55. The number of nitrogens with zero attached hydrogens (tertiary/aromatic N) is 1. The predicted molar refractivity (Wildman–Crippen MR) is 147 cm³/mol. The van der Waals surface area contributed by atoms with E-state index < -0.39 is 17.8 Å². The van der Waals surface area contributed by atoms with Gasteiger partial charge in [-0.2, -0.15) is 0 Å². The van der Waals surface area contributed by atoms with Crippen LogP contribution in [0.1, 0.15) is 50.2 Å². The van der Waals surface area contributed by atoms with Crippen LogP contribution in [0, 0.1) is 5.92 Å². The number of nitrogens with one attached hydrogen (secondary N) is 1. The number of aryl methyl sites for hydroxylation is 1. The molecule has 38 heavy (non-hydrogen) atoms. The second-order valence-electron chi connectivity index (χ2n) is 10.4. The number of hydrogen-bond acceptors (Lipinski definition) is 5. The van der Waals surface area contributed by atoms with Gasteiger partial charge in [-0.25, -0.2) is 4.79 Å². The maximum Gasteiger partial charge on any atom is 0.404 e. The Morgan fingerprint density at radius 1 is 1.24 bits per heavy atom. The smallest absolute Gasteiger partial charge is 0.404 e.